The molecule has 0 aliphatic heterocycles. The van der Waals surface area contributed by atoms with E-state index in [1.165, 1.54) is 53.7 Å². The highest BCUT2D eigenvalue weighted by Gasteiger charge is 2.54. The molecule has 0 unspecified atom stereocenters. The van der Waals surface area contributed by atoms with E-state index < -0.39 is 0 Å². The Kier molecular flexibility index (Phi) is 5.76. The zero-order valence-corrected chi connectivity index (χ0v) is 20.0. The van der Waals surface area contributed by atoms with Crippen LogP contribution in [0.15, 0.2) is 4.34 Å². The third kappa shape index (κ3) is 4.49. The van der Waals surface area contributed by atoms with Crippen molar-refractivity contribution in [3.8, 4) is 0 Å². The second-order valence-corrected chi connectivity index (χ2v) is 12.7. The maximum atomic E-state index is 13.1. The van der Waals surface area contributed by atoms with Gasteiger partial charge in [0.15, 0.2) is 4.34 Å². The zero-order chi connectivity index (χ0) is 21.6. The van der Waals surface area contributed by atoms with E-state index >= 15 is 0 Å². The van der Waals surface area contributed by atoms with Gasteiger partial charge in [-0.25, -0.2) is 0 Å². The van der Waals surface area contributed by atoms with Gasteiger partial charge in [0, 0.05) is 5.92 Å². The maximum absolute atomic E-state index is 13.1. The molecule has 8 nitrogen and oxygen atoms in total. The summed E-state index contributed by atoms with van der Waals surface area (Å²) < 4.78 is 0.663. The van der Waals surface area contributed by atoms with Gasteiger partial charge in [-0.1, -0.05) is 48.3 Å². The predicted octanol–water partition coefficient (Wildman–Crippen LogP) is 4.40. The molecule has 0 spiro atoms. The molecular weight excluding hydrogens is 452 g/mol. The Labute approximate surface area is 193 Å². The van der Waals surface area contributed by atoms with Crippen LogP contribution in [0.5, 0.6) is 0 Å². The Morgan fingerprint density at radius 1 is 0.968 bits per heavy atom. The van der Waals surface area contributed by atoms with Gasteiger partial charge in [0.25, 0.3) is 0 Å². The number of aromatic nitrogens is 4. The smallest absolute Gasteiger partial charge is 0.236 e. The minimum atomic E-state index is -0.204. The van der Waals surface area contributed by atoms with E-state index in [0.29, 0.717) is 14.6 Å². The number of hydrogen-bond donors (Lipinski definition) is 2. The summed E-state index contributed by atoms with van der Waals surface area (Å²) in [6.07, 6.45) is 7.00. The van der Waals surface area contributed by atoms with Crippen LogP contribution in [0, 0.1) is 23.2 Å². The molecule has 2 amide bonds. The van der Waals surface area contributed by atoms with Gasteiger partial charge in [-0.3, -0.25) is 14.9 Å². The molecule has 4 fully saturated rings. The van der Waals surface area contributed by atoms with Crippen molar-refractivity contribution in [2.45, 2.75) is 62.6 Å². The van der Waals surface area contributed by atoms with E-state index in [1.807, 2.05) is 13.8 Å². The molecule has 2 heterocycles. The summed E-state index contributed by atoms with van der Waals surface area (Å²) >= 11 is 4.02. The van der Waals surface area contributed by atoms with Crippen LogP contribution in [0.4, 0.5) is 10.3 Å². The molecule has 2 aromatic rings. The van der Waals surface area contributed by atoms with Crippen molar-refractivity contribution in [1.82, 2.24) is 20.4 Å². The standard InChI is InChI=1S/C20H26N6O2S3/c1-10(2)15-23-24-17(30-15)21-14(27)9-29-19-26-25-18(31-19)22-16(28)20-6-11-3-12(7-20)5-13(4-11)8-20/h10-13H,3-9H2,1-2H3,(H,21,24,27)(H,22,25,28). The lowest BCUT2D eigenvalue weighted by Gasteiger charge is -2.55. The lowest BCUT2D eigenvalue weighted by Crippen LogP contribution is -2.51. The van der Waals surface area contributed by atoms with Crippen molar-refractivity contribution >= 4 is 56.5 Å². The number of carbonyl (C=O) groups is 2. The van der Waals surface area contributed by atoms with Crippen molar-refractivity contribution in [3.05, 3.63) is 5.01 Å². The number of amides is 2. The van der Waals surface area contributed by atoms with Crippen molar-refractivity contribution in [2.75, 3.05) is 16.4 Å². The molecule has 0 saturated heterocycles. The Balaban J connectivity index is 1.13. The third-order valence-electron chi connectivity index (χ3n) is 6.65. The topological polar surface area (TPSA) is 110 Å². The number of carbonyl (C=O) groups excluding carboxylic acids is 2. The first kappa shape index (κ1) is 21.3. The fraction of sp³-hybridized carbons (Fsp3) is 0.700. The van der Waals surface area contributed by atoms with Crippen molar-refractivity contribution in [1.29, 1.82) is 0 Å². The Hall–Kier alpha value is -1.59. The van der Waals surface area contributed by atoms with Crippen molar-refractivity contribution < 1.29 is 9.59 Å². The first-order valence-corrected chi connectivity index (χ1v) is 13.4. The average Bonchev–Trinajstić information content (AvgIpc) is 3.35. The van der Waals surface area contributed by atoms with Crippen molar-refractivity contribution in [3.63, 3.8) is 0 Å². The lowest BCUT2D eigenvalue weighted by atomic mass is 9.49. The normalized spacial score (nSPS) is 28.8. The summed E-state index contributed by atoms with van der Waals surface area (Å²) in [5.41, 5.74) is -0.204. The highest BCUT2D eigenvalue weighted by Crippen LogP contribution is 2.60. The molecule has 0 radical (unpaired) electrons. The number of rotatable bonds is 7. The van der Waals surface area contributed by atoms with Crippen LogP contribution < -0.4 is 10.6 Å². The number of nitrogens with zero attached hydrogens (tertiary/aromatic N) is 4. The van der Waals surface area contributed by atoms with Crippen molar-refractivity contribution in [2.24, 2.45) is 23.2 Å². The van der Waals surface area contributed by atoms with Gasteiger partial charge in [-0.15, -0.1) is 20.4 Å². The molecule has 2 aromatic heterocycles. The van der Waals surface area contributed by atoms with Crippen LogP contribution in [0.3, 0.4) is 0 Å². The molecule has 6 rings (SSSR count). The largest absolute Gasteiger partial charge is 0.300 e. The fourth-order valence-electron chi connectivity index (χ4n) is 5.74. The highest BCUT2D eigenvalue weighted by atomic mass is 32.2. The van der Waals surface area contributed by atoms with Crippen LogP contribution in [-0.2, 0) is 9.59 Å². The summed E-state index contributed by atoms with van der Waals surface area (Å²) in [7, 11) is 0. The number of thioether (sulfide) groups is 1. The number of anilines is 2. The SMILES string of the molecule is CC(C)c1nnc(NC(=O)CSc2nnc(NC(=O)C34CC5CC(CC(C5)C3)C4)s2)s1. The molecule has 0 aromatic carbocycles. The van der Waals surface area contributed by atoms with E-state index in [9.17, 15) is 9.59 Å². The molecule has 31 heavy (non-hydrogen) atoms. The van der Waals surface area contributed by atoms with E-state index in [4.69, 9.17) is 0 Å². The molecule has 4 aliphatic carbocycles. The Morgan fingerprint density at radius 3 is 2.19 bits per heavy atom. The monoisotopic (exact) mass is 478 g/mol. The highest BCUT2D eigenvalue weighted by molar-refractivity contribution is 8.01. The molecule has 2 N–H and O–H groups in total. The summed E-state index contributed by atoms with van der Waals surface area (Å²) in [5.74, 6) is 2.61. The molecule has 4 saturated carbocycles. The van der Waals surface area contributed by atoms with E-state index in [1.54, 1.807) is 0 Å². The maximum Gasteiger partial charge on any atom is 0.236 e. The summed E-state index contributed by atoms with van der Waals surface area (Å²) in [4.78, 5) is 25.3. The van der Waals surface area contributed by atoms with Crippen LogP contribution in [0.2, 0.25) is 0 Å². The fourth-order valence-corrected chi connectivity index (χ4v) is 8.05. The first-order valence-electron chi connectivity index (χ1n) is 10.8. The van der Waals surface area contributed by atoms with Crippen LogP contribution in [0.1, 0.15) is 63.3 Å². The molecule has 0 atom stereocenters. The van der Waals surface area contributed by atoms with E-state index in [-0.39, 0.29) is 28.9 Å². The predicted molar refractivity (Wildman–Crippen MR) is 122 cm³/mol. The molecule has 4 aliphatic rings. The van der Waals surface area contributed by atoms with Gasteiger partial charge < -0.3 is 5.32 Å². The van der Waals surface area contributed by atoms with Crippen LogP contribution >= 0.6 is 34.4 Å². The summed E-state index contributed by atoms with van der Waals surface area (Å²) in [5, 5.41) is 24.1. The molecule has 166 valence electrons. The first-order chi connectivity index (χ1) is 14.9. The molecule has 11 heteroatoms. The number of nitrogens with one attached hydrogen (secondary N) is 2. The Bertz CT molecular complexity index is 952. The quantitative estimate of drug-likeness (QED) is 0.448. The molecular formula is C20H26N6O2S3. The van der Waals surface area contributed by atoms with Gasteiger partial charge in [-0.2, -0.15) is 0 Å². The van der Waals surface area contributed by atoms with Crippen LogP contribution in [-0.4, -0.2) is 38.0 Å². The minimum absolute atomic E-state index is 0.120. The lowest BCUT2D eigenvalue weighted by molar-refractivity contribution is -0.140. The van der Waals surface area contributed by atoms with Gasteiger partial charge in [0.05, 0.1) is 11.2 Å². The van der Waals surface area contributed by atoms with E-state index in [0.717, 1.165) is 42.0 Å². The average molecular weight is 479 g/mol. The second kappa shape index (κ2) is 8.40. The second-order valence-electron chi connectivity index (χ2n) is 9.46. The van der Waals surface area contributed by atoms with Gasteiger partial charge in [-0.05, 0) is 56.3 Å². The summed E-state index contributed by atoms with van der Waals surface area (Å²) in [6, 6.07) is 0. The van der Waals surface area contributed by atoms with E-state index in [2.05, 4.69) is 31.0 Å². The summed E-state index contributed by atoms with van der Waals surface area (Å²) in [6.45, 7) is 4.08. The number of hydrogen-bond acceptors (Lipinski definition) is 9. The van der Waals surface area contributed by atoms with Gasteiger partial charge in [0.1, 0.15) is 5.01 Å². The molecule has 4 bridgehead atoms. The Morgan fingerprint density at radius 2 is 1.58 bits per heavy atom. The third-order valence-corrected chi connectivity index (χ3v) is 9.77. The van der Waals surface area contributed by atoms with Crippen LogP contribution in [0.25, 0.3) is 0 Å². The minimum Gasteiger partial charge on any atom is -0.300 e. The van der Waals surface area contributed by atoms with Gasteiger partial charge >= 0.3 is 0 Å². The van der Waals surface area contributed by atoms with Gasteiger partial charge in [0.2, 0.25) is 22.1 Å². The zero-order valence-electron chi connectivity index (χ0n) is 17.6.